The van der Waals surface area contributed by atoms with Crippen molar-refractivity contribution < 1.29 is 4.79 Å². The summed E-state index contributed by atoms with van der Waals surface area (Å²) in [6.07, 6.45) is 0.269. The van der Waals surface area contributed by atoms with E-state index in [0.717, 1.165) is 0 Å². The highest BCUT2D eigenvalue weighted by atomic mass is 35.5. The first-order valence-corrected chi connectivity index (χ1v) is 4.99. The molecule has 0 aromatic carbocycles. The predicted octanol–water partition coefficient (Wildman–Crippen LogP) is 0.451. The Labute approximate surface area is 95.4 Å². The van der Waals surface area contributed by atoms with Crippen LogP contribution in [0.4, 0.5) is 11.9 Å². The van der Waals surface area contributed by atoms with Gasteiger partial charge in [-0.15, -0.1) is 11.6 Å². The molecule has 0 radical (unpaired) electrons. The van der Waals surface area contributed by atoms with Crippen molar-refractivity contribution in [3.05, 3.63) is 5.28 Å². The van der Waals surface area contributed by atoms with Crippen LogP contribution in [-0.2, 0) is 4.79 Å². The Morgan fingerprint density at radius 2 is 2.13 bits per heavy atom. The van der Waals surface area contributed by atoms with E-state index >= 15 is 0 Å². The van der Waals surface area contributed by atoms with Gasteiger partial charge in [0.05, 0.1) is 5.38 Å². The Balaban J connectivity index is 2.33. The Hall–Kier alpha value is -1.14. The van der Waals surface area contributed by atoms with Gasteiger partial charge in [-0.05, 0) is 11.6 Å². The molecule has 0 saturated carbocycles. The molecule has 1 amide bonds. The van der Waals surface area contributed by atoms with Gasteiger partial charge < -0.3 is 5.73 Å². The molecule has 1 aromatic rings. The van der Waals surface area contributed by atoms with Crippen LogP contribution in [0.25, 0.3) is 0 Å². The van der Waals surface area contributed by atoms with Gasteiger partial charge in [0.15, 0.2) is 0 Å². The molecule has 1 aliphatic heterocycles. The van der Waals surface area contributed by atoms with Crippen molar-refractivity contribution in [1.29, 1.82) is 0 Å². The Morgan fingerprint density at radius 3 is 2.67 bits per heavy atom. The summed E-state index contributed by atoms with van der Waals surface area (Å²) < 4.78 is 0. The largest absolute Gasteiger partial charge is 0.368 e. The smallest absolute Gasteiger partial charge is 0.238 e. The molecule has 0 aliphatic carbocycles. The lowest BCUT2D eigenvalue weighted by molar-refractivity contribution is -0.117. The third-order valence-corrected chi connectivity index (χ3v) is 2.39. The average Bonchev–Trinajstić information content (AvgIpc) is 2.43. The SMILES string of the molecule is Nc1nc(Cl)nc(N2CC(Cl)CC2=O)n1. The number of amides is 1. The molecule has 8 heteroatoms. The first-order valence-electron chi connectivity index (χ1n) is 4.18. The Morgan fingerprint density at radius 1 is 1.40 bits per heavy atom. The topological polar surface area (TPSA) is 85.0 Å². The lowest BCUT2D eigenvalue weighted by Crippen LogP contribution is -2.27. The van der Waals surface area contributed by atoms with E-state index in [9.17, 15) is 4.79 Å². The van der Waals surface area contributed by atoms with Gasteiger partial charge in [-0.25, -0.2) is 0 Å². The summed E-state index contributed by atoms with van der Waals surface area (Å²) >= 11 is 11.4. The molecule has 1 aliphatic rings. The number of rotatable bonds is 1. The Bertz CT molecular complexity index is 392. The minimum Gasteiger partial charge on any atom is -0.368 e. The molecular weight excluding hydrogens is 241 g/mol. The first-order chi connectivity index (χ1) is 7.06. The van der Waals surface area contributed by atoms with Crippen molar-refractivity contribution in [1.82, 2.24) is 15.0 Å². The maximum Gasteiger partial charge on any atom is 0.238 e. The summed E-state index contributed by atoms with van der Waals surface area (Å²) in [5, 5.41) is -0.266. The number of alkyl halides is 1. The van der Waals surface area contributed by atoms with E-state index in [1.807, 2.05) is 0 Å². The lowest BCUT2D eigenvalue weighted by Gasteiger charge is -2.12. The molecule has 0 bridgehead atoms. The summed E-state index contributed by atoms with van der Waals surface area (Å²) in [6, 6.07) is 0. The number of aromatic nitrogens is 3. The second-order valence-corrected chi connectivity index (χ2v) is 4.02. The van der Waals surface area contributed by atoms with Gasteiger partial charge in [0.1, 0.15) is 0 Å². The molecule has 1 atom stereocenters. The number of anilines is 2. The molecule has 1 saturated heterocycles. The van der Waals surface area contributed by atoms with Crippen LogP contribution in [0.3, 0.4) is 0 Å². The summed E-state index contributed by atoms with van der Waals surface area (Å²) in [6.45, 7) is 0.361. The third-order valence-electron chi connectivity index (χ3n) is 1.93. The maximum atomic E-state index is 11.5. The number of hydrogen-bond donors (Lipinski definition) is 1. The zero-order chi connectivity index (χ0) is 11.0. The fourth-order valence-electron chi connectivity index (χ4n) is 1.33. The quantitative estimate of drug-likeness (QED) is 0.729. The van der Waals surface area contributed by atoms with E-state index in [1.165, 1.54) is 4.90 Å². The van der Waals surface area contributed by atoms with Crippen molar-refractivity contribution >= 4 is 41.0 Å². The van der Waals surface area contributed by atoms with Gasteiger partial charge in [-0.2, -0.15) is 15.0 Å². The first kappa shape index (κ1) is 10.4. The molecule has 6 nitrogen and oxygen atoms in total. The number of carbonyl (C=O) groups is 1. The number of nitrogen functional groups attached to an aromatic ring is 1. The zero-order valence-electron chi connectivity index (χ0n) is 7.52. The van der Waals surface area contributed by atoms with Gasteiger partial charge in [0, 0.05) is 13.0 Å². The van der Waals surface area contributed by atoms with Crippen LogP contribution in [0.15, 0.2) is 0 Å². The standard InChI is InChI=1S/C7H7Cl2N5O/c8-3-1-4(15)14(2-3)7-12-5(9)11-6(10)13-7/h3H,1-2H2,(H2,10,11,12,13). The molecule has 80 valence electrons. The van der Waals surface area contributed by atoms with E-state index in [2.05, 4.69) is 15.0 Å². The lowest BCUT2D eigenvalue weighted by atomic mass is 10.4. The Kier molecular flexibility index (Phi) is 2.62. The molecule has 1 fully saturated rings. The van der Waals surface area contributed by atoms with Crippen LogP contribution < -0.4 is 10.6 Å². The van der Waals surface area contributed by atoms with Gasteiger partial charge in [-0.1, -0.05) is 0 Å². The van der Waals surface area contributed by atoms with Crippen LogP contribution in [0.1, 0.15) is 6.42 Å². The van der Waals surface area contributed by atoms with E-state index in [0.29, 0.717) is 6.54 Å². The van der Waals surface area contributed by atoms with Crippen molar-refractivity contribution in [2.75, 3.05) is 17.2 Å². The van der Waals surface area contributed by atoms with Crippen LogP contribution in [0, 0.1) is 0 Å². The number of carbonyl (C=O) groups excluding carboxylic acids is 1. The fourth-order valence-corrected chi connectivity index (χ4v) is 1.76. The predicted molar refractivity (Wildman–Crippen MR) is 55.9 cm³/mol. The minimum atomic E-state index is -0.228. The highest BCUT2D eigenvalue weighted by Crippen LogP contribution is 2.22. The molecule has 2 heterocycles. The van der Waals surface area contributed by atoms with Crippen molar-refractivity contribution in [3.63, 3.8) is 0 Å². The molecule has 0 spiro atoms. The van der Waals surface area contributed by atoms with Crippen molar-refractivity contribution in [2.24, 2.45) is 0 Å². The summed E-state index contributed by atoms with van der Waals surface area (Å²) in [5.41, 5.74) is 5.39. The fraction of sp³-hybridized carbons (Fsp3) is 0.429. The zero-order valence-corrected chi connectivity index (χ0v) is 9.03. The molecule has 1 unspecified atom stereocenters. The summed E-state index contributed by atoms with van der Waals surface area (Å²) in [7, 11) is 0. The van der Waals surface area contributed by atoms with Gasteiger partial charge in [0.2, 0.25) is 23.1 Å². The second kappa shape index (κ2) is 3.79. The molecule has 2 rings (SSSR count). The van der Waals surface area contributed by atoms with E-state index < -0.39 is 0 Å². The average molecular weight is 248 g/mol. The summed E-state index contributed by atoms with van der Waals surface area (Å²) in [4.78, 5) is 24.0. The number of nitrogens with two attached hydrogens (primary N) is 1. The number of halogens is 2. The van der Waals surface area contributed by atoms with Gasteiger partial charge >= 0.3 is 0 Å². The maximum absolute atomic E-state index is 11.5. The number of nitrogens with zero attached hydrogens (tertiary/aromatic N) is 4. The van der Waals surface area contributed by atoms with Gasteiger partial charge in [0.25, 0.3) is 0 Å². The molecule has 15 heavy (non-hydrogen) atoms. The normalized spacial score (nSPS) is 21.1. The number of hydrogen-bond acceptors (Lipinski definition) is 5. The van der Waals surface area contributed by atoms with Crippen LogP contribution in [0.5, 0.6) is 0 Å². The monoisotopic (exact) mass is 247 g/mol. The molecule has 1 aromatic heterocycles. The van der Waals surface area contributed by atoms with Crippen LogP contribution >= 0.6 is 23.2 Å². The van der Waals surface area contributed by atoms with Crippen molar-refractivity contribution in [2.45, 2.75) is 11.8 Å². The molecular formula is C7H7Cl2N5O. The van der Waals surface area contributed by atoms with Gasteiger partial charge in [-0.3, -0.25) is 9.69 Å². The minimum absolute atomic E-state index is 0.0178. The van der Waals surface area contributed by atoms with E-state index in [1.54, 1.807) is 0 Å². The molecule has 2 N–H and O–H groups in total. The van der Waals surface area contributed by atoms with E-state index in [4.69, 9.17) is 28.9 Å². The second-order valence-electron chi connectivity index (χ2n) is 3.07. The van der Waals surface area contributed by atoms with Crippen LogP contribution in [-0.4, -0.2) is 32.8 Å². The highest BCUT2D eigenvalue weighted by molar-refractivity contribution is 6.28. The highest BCUT2D eigenvalue weighted by Gasteiger charge is 2.31. The summed E-state index contributed by atoms with van der Waals surface area (Å²) in [5.74, 6) is -0.00635. The van der Waals surface area contributed by atoms with E-state index in [-0.39, 0.29) is 34.9 Å². The van der Waals surface area contributed by atoms with Crippen molar-refractivity contribution in [3.8, 4) is 0 Å². The van der Waals surface area contributed by atoms with Crippen LogP contribution in [0.2, 0.25) is 5.28 Å². The third kappa shape index (κ3) is 2.10.